The van der Waals surface area contributed by atoms with Gasteiger partial charge in [0, 0.05) is 22.2 Å². The average molecular weight is 263 g/mol. The van der Waals surface area contributed by atoms with E-state index in [2.05, 4.69) is 4.98 Å². The van der Waals surface area contributed by atoms with Gasteiger partial charge in [0.25, 0.3) is 0 Å². The Bertz CT molecular complexity index is 542. The largest absolute Gasteiger partial charge is 0.496 e. The first kappa shape index (κ1) is 13.2. The number of hydrogen-bond donors (Lipinski definition) is 1. The molecule has 0 fully saturated rings. The monoisotopic (exact) mass is 263 g/mol. The third kappa shape index (κ3) is 2.60. The van der Waals surface area contributed by atoms with Gasteiger partial charge in [-0.2, -0.15) is 0 Å². The Labute approximate surface area is 111 Å². The maximum absolute atomic E-state index is 9.58. The Morgan fingerprint density at radius 1 is 1.22 bits per heavy atom. The summed E-state index contributed by atoms with van der Waals surface area (Å²) in [5.74, 6) is 0.849. The normalized spacial score (nSPS) is 14.4. The van der Waals surface area contributed by atoms with Crippen LogP contribution in [0.1, 0.15) is 13.8 Å². The Kier molecular flexibility index (Phi) is 4.09. The Hall–Kier alpha value is -1.26. The first-order chi connectivity index (χ1) is 8.63. The molecule has 0 aliphatic rings. The smallest absolute Gasteiger partial charge is 0.126 e. The van der Waals surface area contributed by atoms with Gasteiger partial charge in [-0.3, -0.25) is 0 Å². The van der Waals surface area contributed by atoms with Crippen LogP contribution in [-0.2, 0) is 0 Å². The number of aliphatic hydroxyl groups is 1. The minimum absolute atomic E-state index is 0.106. The average Bonchev–Trinajstić information content (AvgIpc) is 2.38. The molecular formula is C14H17NO2S. The van der Waals surface area contributed by atoms with E-state index in [1.165, 1.54) is 0 Å². The highest BCUT2D eigenvalue weighted by molar-refractivity contribution is 8.00. The number of benzene rings is 1. The zero-order valence-electron chi connectivity index (χ0n) is 10.8. The van der Waals surface area contributed by atoms with Crippen LogP contribution in [0.3, 0.4) is 0 Å². The molecule has 1 heterocycles. The van der Waals surface area contributed by atoms with E-state index in [1.54, 1.807) is 32.0 Å². The molecule has 2 aromatic rings. The minimum atomic E-state index is -0.363. The summed E-state index contributed by atoms with van der Waals surface area (Å²) in [4.78, 5) is 4.40. The molecule has 0 saturated heterocycles. The summed E-state index contributed by atoms with van der Waals surface area (Å²) >= 11 is 1.58. The van der Waals surface area contributed by atoms with Crippen molar-refractivity contribution in [1.29, 1.82) is 0 Å². The van der Waals surface area contributed by atoms with Gasteiger partial charge in [0.2, 0.25) is 0 Å². The number of methoxy groups -OCH3 is 1. The van der Waals surface area contributed by atoms with E-state index in [4.69, 9.17) is 4.74 Å². The van der Waals surface area contributed by atoms with Crippen molar-refractivity contribution in [3.05, 3.63) is 30.5 Å². The van der Waals surface area contributed by atoms with Gasteiger partial charge < -0.3 is 9.84 Å². The van der Waals surface area contributed by atoms with E-state index in [9.17, 15) is 5.11 Å². The molecule has 2 rings (SSSR count). The van der Waals surface area contributed by atoms with Crippen molar-refractivity contribution >= 4 is 22.5 Å². The summed E-state index contributed by atoms with van der Waals surface area (Å²) in [6.45, 7) is 3.79. The van der Waals surface area contributed by atoms with Gasteiger partial charge in [-0.15, -0.1) is 11.8 Å². The highest BCUT2D eigenvalue weighted by Crippen LogP contribution is 2.33. The molecule has 0 radical (unpaired) electrons. The molecule has 2 atom stereocenters. The number of rotatable bonds is 4. The molecule has 1 N–H and O–H groups in total. The Balaban J connectivity index is 2.46. The van der Waals surface area contributed by atoms with Crippen molar-refractivity contribution in [2.45, 2.75) is 30.2 Å². The number of ether oxygens (including phenoxy) is 1. The number of thioether (sulfide) groups is 1. The number of aromatic nitrogens is 1. The molecule has 3 nitrogen and oxygen atoms in total. The van der Waals surface area contributed by atoms with Gasteiger partial charge in [-0.05, 0) is 19.1 Å². The molecule has 0 aliphatic carbocycles. The number of pyridine rings is 1. The zero-order valence-corrected chi connectivity index (χ0v) is 11.6. The molecule has 1 aromatic carbocycles. The van der Waals surface area contributed by atoms with Gasteiger partial charge in [-0.1, -0.05) is 19.1 Å². The predicted molar refractivity (Wildman–Crippen MR) is 75.3 cm³/mol. The number of hydrogen-bond acceptors (Lipinski definition) is 4. The molecule has 0 bridgehead atoms. The van der Waals surface area contributed by atoms with Crippen molar-refractivity contribution in [3.63, 3.8) is 0 Å². The van der Waals surface area contributed by atoms with Crippen molar-refractivity contribution in [2.24, 2.45) is 0 Å². The quantitative estimate of drug-likeness (QED) is 0.861. The highest BCUT2D eigenvalue weighted by atomic mass is 32.2. The van der Waals surface area contributed by atoms with E-state index in [1.807, 2.05) is 31.2 Å². The third-order valence-electron chi connectivity index (χ3n) is 2.93. The molecule has 0 saturated carbocycles. The SMILES string of the molecule is COc1cccc2c(SC(C)C(C)O)nccc12. The molecule has 96 valence electrons. The fourth-order valence-corrected chi connectivity index (χ4v) is 2.67. The van der Waals surface area contributed by atoms with Crippen LogP contribution < -0.4 is 4.74 Å². The number of aliphatic hydroxyl groups excluding tert-OH is 1. The predicted octanol–water partition coefficient (Wildman–Crippen LogP) is 3.10. The lowest BCUT2D eigenvalue weighted by Crippen LogP contribution is -2.15. The van der Waals surface area contributed by atoms with Gasteiger partial charge in [-0.25, -0.2) is 4.98 Å². The first-order valence-corrected chi connectivity index (χ1v) is 6.78. The fraction of sp³-hybridized carbons (Fsp3) is 0.357. The lowest BCUT2D eigenvalue weighted by molar-refractivity contribution is 0.196. The van der Waals surface area contributed by atoms with Crippen LogP contribution in [0.15, 0.2) is 35.5 Å². The van der Waals surface area contributed by atoms with Gasteiger partial charge >= 0.3 is 0 Å². The molecule has 4 heteroatoms. The van der Waals surface area contributed by atoms with Gasteiger partial charge in [0.1, 0.15) is 10.8 Å². The fourth-order valence-electron chi connectivity index (χ4n) is 1.70. The molecule has 18 heavy (non-hydrogen) atoms. The second-order valence-corrected chi connectivity index (χ2v) is 5.60. The lowest BCUT2D eigenvalue weighted by atomic mass is 10.1. The topological polar surface area (TPSA) is 42.4 Å². The summed E-state index contributed by atoms with van der Waals surface area (Å²) in [5, 5.41) is 12.7. The van der Waals surface area contributed by atoms with Crippen molar-refractivity contribution in [2.75, 3.05) is 7.11 Å². The van der Waals surface area contributed by atoms with Crippen LogP contribution in [-0.4, -0.2) is 28.6 Å². The van der Waals surface area contributed by atoms with Crippen LogP contribution in [0.4, 0.5) is 0 Å². The maximum atomic E-state index is 9.58. The number of nitrogens with zero attached hydrogens (tertiary/aromatic N) is 1. The van der Waals surface area contributed by atoms with Crippen LogP contribution >= 0.6 is 11.8 Å². The van der Waals surface area contributed by atoms with Gasteiger partial charge in [0.05, 0.1) is 13.2 Å². The molecule has 0 aliphatic heterocycles. The molecular weight excluding hydrogens is 246 g/mol. The van der Waals surface area contributed by atoms with E-state index in [0.717, 1.165) is 21.5 Å². The van der Waals surface area contributed by atoms with E-state index >= 15 is 0 Å². The molecule has 0 amide bonds. The van der Waals surface area contributed by atoms with E-state index in [-0.39, 0.29) is 11.4 Å². The van der Waals surface area contributed by atoms with Crippen LogP contribution in [0.5, 0.6) is 5.75 Å². The van der Waals surface area contributed by atoms with Crippen molar-refractivity contribution in [3.8, 4) is 5.75 Å². The first-order valence-electron chi connectivity index (χ1n) is 5.90. The van der Waals surface area contributed by atoms with E-state index < -0.39 is 0 Å². The summed E-state index contributed by atoms with van der Waals surface area (Å²) < 4.78 is 5.35. The molecule has 2 unspecified atom stereocenters. The van der Waals surface area contributed by atoms with Crippen LogP contribution in [0, 0.1) is 0 Å². The molecule has 0 spiro atoms. The van der Waals surface area contributed by atoms with Crippen molar-refractivity contribution in [1.82, 2.24) is 4.98 Å². The summed E-state index contributed by atoms with van der Waals surface area (Å²) in [6, 6.07) is 7.88. The van der Waals surface area contributed by atoms with Crippen molar-refractivity contribution < 1.29 is 9.84 Å². The van der Waals surface area contributed by atoms with Crippen LogP contribution in [0.25, 0.3) is 10.8 Å². The second-order valence-electron chi connectivity index (χ2n) is 4.24. The van der Waals surface area contributed by atoms with Crippen LogP contribution in [0.2, 0.25) is 0 Å². The third-order valence-corrected chi connectivity index (χ3v) is 4.24. The zero-order chi connectivity index (χ0) is 13.1. The minimum Gasteiger partial charge on any atom is -0.496 e. The molecule has 1 aromatic heterocycles. The summed E-state index contributed by atoms with van der Waals surface area (Å²) in [6.07, 6.45) is 1.42. The maximum Gasteiger partial charge on any atom is 0.126 e. The Morgan fingerprint density at radius 3 is 2.67 bits per heavy atom. The number of fused-ring (bicyclic) bond motifs is 1. The van der Waals surface area contributed by atoms with Gasteiger partial charge in [0.15, 0.2) is 0 Å². The lowest BCUT2D eigenvalue weighted by Gasteiger charge is -2.15. The summed E-state index contributed by atoms with van der Waals surface area (Å²) in [7, 11) is 1.67. The summed E-state index contributed by atoms with van der Waals surface area (Å²) in [5.41, 5.74) is 0. The Morgan fingerprint density at radius 2 is 2.00 bits per heavy atom. The standard InChI is InChI=1S/C14H17NO2S/c1-9(16)10(2)18-14-12-5-4-6-13(17-3)11(12)7-8-15-14/h4-10,16H,1-3H3. The second kappa shape index (κ2) is 5.59. The van der Waals surface area contributed by atoms with E-state index in [0.29, 0.717) is 0 Å². The highest BCUT2D eigenvalue weighted by Gasteiger charge is 2.14.